The number of rotatable bonds is 5. The van der Waals surface area contributed by atoms with E-state index in [0.717, 1.165) is 4.88 Å². The third-order valence-corrected chi connectivity index (χ3v) is 6.80. The molecular weight excluding hydrogens is 464 g/mol. The van der Waals surface area contributed by atoms with Crippen LogP contribution in [-0.2, 0) is 14.3 Å². The Balaban J connectivity index is 1.96. The molecule has 1 aromatic carbocycles. The first-order valence-electron chi connectivity index (χ1n) is 9.84. The number of allylic oxidation sites excluding steroid dienone is 1. The predicted octanol–water partition coefficient (Wildman–Crippen LogP) is 2.40. The lowest BCUT2D eigenvalue weighted by Crippen LogP contribution is -2.39. The predicted molar refractivity (Wildman–Crippen MR) is 124 cm³/mol. The summed E-state index contributed by atoms with van der Waals surface area (Å²) in [5.74, 6) is -0.549. The lowest BCUT2D eigenvalue weighted by atomic mass is 9.95. The van der Waals surface area contributed by atoms with E-state index in [2.05, 4.69) is 4.99 Å². The van der Waals surface area contributed by atoms with E-state index in [1.54, 1.807) is 25.1 Å². The van der Waals surface area contributed by atoms with Crippen LogP contribution in [0.15, 0.2) is 56.8 Å². The molecule has 1 aliphatic heterocycles. The third kappa shape index (κ3) is 4.27. The van der Waals surface area contributed by atoms with Crippen molar-refractivity contribution >= 4 is 40.7 Å². The quantitative estimate of drug-likeness (QED) is 0.408. The monoisotopic (exact) mass is 484 g/mol. The molecule has 0 saturated carbocycles. The van der Waals surface area contributed by atoms with Gasteiger partial charge in [0.1, 0.15) is 0 Å². The highest BCUT2D eigenvalue weighted by Crippen LogP contribution is 2.36. The zero-order chi connectivity index (χ0) is 23.7. The summed E-state index contributed by atoms with van der Waals surface area (Å²) in [7, 11) is 2.73. The normalized spacial score (nSPS) is 15.6. The van der Waals surface area contributed by atoms with Crippen LogP contribution in [0.4, 0.5) is 0 Å². The van der Waals surface area contributed by atoms with Crippen LogP contribution >= 0.6 is 22.7 Å². The maximum absolute atomic E-state index is 13.5. The highest BCUT2D eigenvalue weighted by molar-refractivity contribution is 7.11. The molecule has 2 aromatic heterocycles. The van der Waals surface area contributed by atoms with E-state index < -0.39 is 18.0 Å². The Morgan fingerprint density at radius 3 is 2.61 bits per heavy atom. The van der Waals surface area contributed by atoms with Crippen molar-refractivity contribution in [3.8, 4) is 11.5 Å². The van der Waals surface area contributed by atoms with Crippen molar-refractivity contribution in [3.63, 3.8) is 0 Å². The molecule has 4 rings (SSSR count). The molecule has 0 radical (unpaired) electrons. The lowest BCUT2D eigenvalue weighted by Gasteiger charge is -2.25. The SMILES string of the molecule is COC(=O)C1=C(C)N=c2s/c(=C\c3cccs3)c(=O)n2C1c1ccc(OC(C)=O)c(OC)c1. The number of nitrogens with zero attached hydrogens (tertiary/aromatic N) is 2. The number of carbonyl (C=O) groups excluding carboxylic acids is 2. The van der Waals surface area contributed by atoms with Crippen molar-refractivity contribution in [3.05, 3.63) is 77.1 Å². The molecule has 170 valence electrons. The summed E-state index contributed by atoms with van der Waals surface area (Å²) in [6, 6.07) is 7.93. The second-order valence-electron chi connectivity index (χ2n) is 7.09. The van der Waals surface area contributed by atoms with Gasteiger partial charge in [0.2, 0.25) is 0 Å². The topological polar surface area (TPSA) is 96.2 Å². The minimum Gasteiger partial charge on any atom is -0.493 e. The fourth-order valence-corrected chi connectivity index (χ4v) is 5.37. The molecule has 0 amide bonds. The van der Waals surface area contributed by atoms with E-state index in [-0.39, 0.29) is 16.9 Å². The first-order chi connectivity index (χ1) is 15.8. The van der Waals surface area contributed by atoms with Gasteiger partial charge in [0.25, 0.3) is 5.56 Å². The maximum atomic E-state index is 13.5. The molecule has 8 nitrogen and oxygen atoms in total. The van der Waals surface area contributed by atoms with Crippen LogP contribution in [-0.4, -0.2) is 30.7 Å². The van der Waals surface area contributed by atoms with E-state index in [1.165, 1.54) is 48.4 Å². The number of thiazole rings is 1. The van der Waals surface area contributed by atoms with E-state index in [4.69, 9.17) is 14.2 Å². The van der Waals surface area contributed by atoms with Gasteiger partial charge in [0, 0.05) is 11.8 Å². The molecule has 10 heteroatoms. The molecule has 0 bridgehead atoms. The third-order valence-electron chi connectivity index (χ3n) is 5.00. The van der Waals surface area contributed by atoms with Gasteiger partial charge in [-0.3, -0.25) is 14.2 Å². The number of carbonyl (C=O) groups is 2. The number of thiophene rings is 1. The summed E-state index contributed by atoms with van der Waals surface area (Å²) in [5.41, 5.74) is 1.02. The molecule has 3 aromatic rings. The Morgan fingerprint density at radius 2 is 1.97 bits per heavy atom. The largest absolute Gasteiger partial charge is 0.493 e. The smallest absolute Gasteiger partial charge is 0.338 e. The number of ether oxygens (including phenoxy) is 3. The summed E-state index contributed by atoms with van der Waals surface area (Å²) < 4.78 is 17.6. The van der Waals surface area contributed by atoms with Crippen LogP contribution in [0.1, 0.15) is 30.3 Å². The van der Waals surface area contributed by atoms with Gasteiger partial charge in [0.05, 0.1) is 36.1 Å². The number of esters is 2. The standard InChI is InChI=1S/C23H20N2O6S2/c1-12-19(22(28)30-4)20(14-7-8-16(31-13(2)26)17(10-14)29-3)25-21(27)18(33-23(25)24-12)11-15-6-5-9-32-15/h5-11,20H,1-4H3/b18-11-. The van der Waals surface area contributed by atoms with Crippen molar-refractivity contribution in [2.45, 2.75) is 19.9 Å². The van der Waals surface area contributed by atoms with Gasteiger partial charge in [-0.2, -0.15) is 0 Å². The van der Waals surface area contributed by atoms with E-state index in [0.29, 0.717) is 26.3 Å². The van der Waals surface area contributed by atoms with Gasteiger partial charge in [0.15, 0.2) is 16.3 Å². The van der Waals surface area contributed by atoms with Gasteiger partial charge in [-0.1, -0.05) is 23.5 Å². The summed E-state index contributed by atoms with van der Waals surface area (Å²) in [5, 5.41) is 1.93. The Hall–Kier alpha value is -3.50. The molecular formula is C23H20N2O6S2. The number of methoxy groups -OCH3 is 2. The Kier molecular flexibility index (Phi) is 6.30. The molecule has 33 heavy (non-hydrogen) atoms. The Labute approximate surface area is 196 Å². The molecule has 0 saturated heterocycles. The van der Waals surface area contributed by atoms with Crippen LogP contribution in [0.3, 0.4) is 0 Å². The van der Waals surface area contributed by atoms with E-state index in [9.17, 15) is 14.4 Å². The molecule has 3 heterocycles. The van der Waals surface area contributed by atoms with Crippen molar-refractivity contribution in [2.75, 3.05) is 14.2 Å². The first-order valence-corrected chi connectivity index (χ1v) is 11.5. The van der Waals surface area contributed by atoms with Gasteiger partial charge < -0.3 is 14.2 Å². The molecule has 1 unspecified atom stereocenters. The van der Waals surface area contributed by atoms with Crippen molar-refractivity contribution in [2.24, 2.45) is 4.99 Å². The minimum absolute atomic E-state index is 0.235. The zero-order valence-corrected chi connectivity index (χ0v) is 19.9. The summed E-state index contributed by atoms with van der Waals surface area (Å²) in [6.45, 7) is 3.00. The fraction of sp³-hybridized carbons (Fsp3) is 0.217. The van der Waals surface area contributed by atoms with Crippen molar-refractivity contribution < 1.29 is 23.8 Å². The van der Waals surface area contributed by atoms with Gasteiger partial charge >= 0.3 is 11.9 Å². The zero-order valence-electron chi connectivity index (χ0n) is 18.3. The van der Waals surface area contributed by atoms with Gasteiger partial charge in [-0.05, 0) is 42.1 Å². The second-order valence-corrected chi connectivity index (χ2v) is 9.08. The second kappa shape index (κ2) is 9.16. The number of fused-ring (bicyclic) bond motifs is 1. The molecule has 0 N–H and O–H groups in total. The van der Waals surface area contributed by atoms with E-state index >= 15 is 0 Å². The molecule has 1 aliphatic rings. The molecule has 0 fully saturated rings. The molecule has 0 aliphatic carbocycles. The summed E-state index contributed by atoms with van der Waals surface area (Å²) in [6.07, 6.45) is 1.81. The Bertz CT molecular complexity index is 1450. The van der Waals surface area contributed by atoms with Gasteiger partial charge in [-0.15, -0.1) is 11.3 Å². The van der Waals surface area contributed by atoms with Crippen LogP contribution < -0.4 is 24.4 Å². The van der Waals surface area contributed by atoms with Crippen LogP contribution in [0.25, 0.3) is 6.08 Å². The highest BCUT2D eigenvalue weighted by Gasteiger charge is 2.33. The van der Waals surface area contributed by atoms with Gasteiger partial charge in [-0.25, -0.2) is 9.79 Å². The van der Waals surface area contributed by atoms with Crippen LogP contribution in [0, 0.1) is 0 Å². The molecule has 1 atom stereocenters. The van der Waals surface area contributed by atoms with Crippen molar-refractivity contribution in [1.29, 1.82) is 0 Å². The number of hydrogen-bond acceptors (Lipinski definition) is 9. The first kappa shape index (κ1) is 22.7. The minimum atomic E-state index is -0.792. The maximum Gasteiger partial charge on any atom is 0.338 e. The van der Waals surface area contributed by atoms with Crippen molar-refractivity contribution in [1.82, 2.24) is 4.57 Å². The highest BCUT2D eigenvalue weighted by atomic mass is 32.1. The number of benzene rings is 1. The molecule has 0 spiro atoms. The Morgan fingerprint density at radius 1 is 1.18 bits per heavy atom. The number of hydrogen-bond donors (Lipinski definition) is 0. The summed E-state index contributed by atoms with van der Waals surface area (Å²) in [4.78, 5) is 43.6. The number of aromatic nitrogens is 1. The fourth-order valence-electron chi connectivity index (χ4n) is 3.60. The van der Waals surface area contributed by atoms with E-state index in [1.807, 2.05) is 23.6 Å². The van der Waals surface area contributed by atoms with Crippen LogP contribution in [0.2, 0.25) is 0 Å². The average molecular weight is 485 g/mol. The summed E-state index contributed by atoms with van der Waals surface area (Å²) >= 11 is 2.77. The lowest BCUT2D eigenvalue weighted by molar-refractivity contribution is -0.136. The van der Waals surface area contributed by atoms with Crippen LogP contribution in [0.5, 0.6) is 11.5 Å². The average Bonchev–Trinajstić information content (AvgIpc) is 3.40.